The molecule has 0 amide bonds. The third kappa shape index (κ3) is 5.02. The van der Waals surface area contributed by atoms with E-state index in [0.717, 1.165) is 25.0 Å². The van der Waals surface area contributed by atoms with Gasteiger partial charge in [0.25, 0.3) is 0 Å². The molecule has 0 radical (unpaired) electrons. The first-order valence-electron chi connectivity index (χ1n) is 8.27. The van der Waals surface area contributed by atoms with Gasteiger partial charge in [-0.2, -0.15) is 0 Å². The van der Waals surface area contributed by atoms with E-state index in [4.69, 9.17) is 0 Å². The van der Waals surface area contributed by atoms with E-state index in [0.29, 0.717) is 0 Å². The van der Waals surface area contributed by atoms with Gasteiger partial charge in [-0.05, 0) is 57.3 Å². The maximum Gasteiger partial charge on any atom is 0.191 e. The fourth-order valence-corrected chi connectivity index (χ4v) is 3.12. The van der Waals surface area contributed by atoms with Crippen molar-refractivity contribution in [3.63, 3.8) is 0 Å². The van der Waals surface area contributed by atoms with Crippen LogP contribution < -0.4 is 10.6 Å². The second kappa shape index (κ2) is 8.18. The van der Waals surface area contributed by atoms with E-state index in [1.165, 1.54) is 42.6 Å². The van der Waals surface area contributed by atoms with Gasteiger partial charge in [0, 0.05) is 26.7 Å². The summed E-state index contributed by atoms with van der Waals surface area (Å²) in [7, 11) is 4.05. The Labute approximate surface area is 135 Å². The van der Waals surface area contributed by atoms with Crippen LogP contribution in [0.15, 0.2) is 23.2 Å². The van der Waals surface area contributed by atoms with Crippen LogP contribution in [0.2, 0.25) is 0 Å². The lowest BCUT2D eigenvalue weighted by Crippen LogP contribution is -2.43. The van der Waals surface area contributed by atoms with Crippen molar-refractivity contribution < 1.29 is 0 Å². The van der Waals surface area contributed by atoms with E-state index in [-0.39, 0.29) is 0 Å². The normalized spacial score (nSPS) is 20.0. The molecule has 1 fully saturated rings. The van der Waals surface area contributed by atoms with Crippen LogP contribution in [-0.2, 0) is 6.54 Å². The van der Waals surface area contributed by atoms with Crippen molar-refractivity contribution in [2.24, 2.45) is 10.9 Å². The Morgan fingerprint density at radius 3 is 2.82 bits per heavy atom. The molecule has 0 aromatic heterocycles. The molecule has 1 aliphatic heterocycles. The quantitative estimate of drug-likeness (QED) is 0.662. The highest BCUT2D eigenvalue weighted by Crippen LogP contribution is 2.14. The largest absolute Gasteiger partial charge is 0.356 e. The fraction of sp³-hybridized carbons (Fsp3) is 0.611. The van der Waals surface area contributed by atoms with Crippen molar-refractivity contribution >= 4 is 5.96 Å². The van der Waals surface area contributed by atoms with E-state index < -0.39 is 0 Å². The Kier molecular flexibility index (Phi) is 6.25. The van der Waals surface area contributed by atoms with Crippen LogP contribution in [0.3, 0.4) is 0 Å². The molecule has 2 rings (SSSR count). The molecule has 1 heterocycles. The Morgan fingerprint density at radius 2 is 2.14 bits per heavy atom. The molecule has 0 saturated carbocycles. The minimum Gasteiger partial charge on any atom is -0.356 e. The molecule has 0 spiro atoms. The maximum absolute atomic E-state index is 4.33. The minimum atomic E-state index is 0.721. The molecule has 1 aromatic carbocycles. The first kappa shape index (κ1) is 16.8. The van der Waals surface area contributed by atoms with Crippen molar-refractivity contribution in [3.05, 3.63) is 34.9 Å². The number of hydrogen-bond donors (Lipinski definition) is 2. The highest BCUT2D eigenvalue weighted by Gasteiger charge is 2.17. The van der Waals surface area contributed by atoms with Gasteiger partial charge in [0.1, 0.15) is 0 Å². The van der Waals surface area contributed by atoms with Crippen molar-refractivity contribution in [1.29, 1.82) is 0 Å². The highest BCUT2D eigenvalue weighted by molar-refractivity contribution is 5.79. The Balaban J connectivity index is 1.80. The second-order valence-corrected chi connectivity index (χ2v) is 6.51. The van der Waals surface area contributed by atoms with Gasteiger partial charge in [0.2, 0.25) is 0 Å². The number of nitrogens with zero attached hydrogens (tertiary/aromatic N) is 2. The predicted octanol–water partition coefficient (Wildman–Crippen LogP) is 2.31. The predicted molar refractivity (Wildman–Crippen MR) is 94.3 cm³/mol. The average Bonchev–Trinajstić information content (AvgIpc) is 2.49. The lowest BCUT2D eigenvalue weighted by atomic mass is 9.99. The monoisotopic (exact) mass is 302 g/mol. The third-order valence-corrected chi connectivity index (χ3v) is 4.45. The van der Waals surface area contributed by atoms with Crippen molar-refractivity contribution in [3.8, 4) is 0 Å². The van der Waals surface area contributed by atoms with Gasteiger partial charge in [-0.25, -0.2) is 0 Å². The Bertz CT molecular complexity index is 510. The molecule has 22 heavy (non-hydrogen) atoms. The zero-order chi connectivity index (χ0) is 15.9. The Morgan fingerprint density at radius 1 is 1.32 bits per heavy atom. The number of likely N-dealkylation sites (tertiary alicyclic amines) is 1. The fourth-order valence-electron chi connectivity index (χ4n) is 3.12. The van der Waals surface area contributed by atoms with Gasteiger partial charge in [0.05, 0.1) is 0 Å². The summed E-state index contributed by atoms with van der Waals surface area (Å²) in [5.41, 5.74) is 3.97. The van der Waals surface area contributed by atoms with Crippen molar-refractivity contribution in [2.75, 3.05) is 33.7 Å². The minimum absolute atomic E-state index is 0.721. The number of rotatable bonds is 4. The first-order chi connectivity index (χ1) is 10.6. The lowest BCUT2D eigenvalue weighted by Gasteiger charge is -2.30. The molecule has 4 heteroatoms. The van der Waals surface area contributed by atoms with Crippen LogP contribution in [-0.4, -0.2) is 44.6 Å². The van der Waals surface area contributed by atoms with Crippen molar-refractivity contribution in [2.45, 2.75) is 33.2 Å². The molecule has 1 aliphatic rings. The number of hydrogen-bond acceptors (Lipinski definition) is 2. The topological polar surface area (TPSA) is 39.7 Å². The van der Waals surface area contributed by atoms with Gasteiger partial charge in [0.15, 0.2) is 5.96 Å². The zero-order valence-electron chi connectivity index (χ0n) is 14.4. The molecule has 1 unspecified atom stereocenters. The molecular formula is C18H30N4. The summed E-state index contributed by atoms with van der Waals surface area (Å²) in [6.07, 6.45) is 2.61. The van der Waals surface area contributed by atoms with Gasteiger partial charge >= 0.3 is 0 Å². The van der Waals surface area contributed by atoms with Crippen LogP contribution in [0.4, 0.5) is 0 Å². The number of benzene rings is 1. The average molecular weight is 302 g/mol. The molecule has 1 saturated heterocycles. The summed E-state index contributed by atoms with van der Waals surface area (Å²) in [4.78, 5) is 6.75. The van der Waals surface area contributed by atoms with Crippen LogP contribution in [0, 0.1) is 19.8 Å². The summed E-state index contributed by atoms with van der Waals surface area (Å²) in [5, 5.41) is 6.90. The lowest BCUT2D eigenvalue weighted by molar-refractivity contribution is 0.210. The summed E-state index contributed by atoms with van der Waals surface area (Å²) in [6.45, 7) is 8.52. The molecule has 122 valence electrons. The molecule has 0 aliphatic carbocycles. The van der Waals surface area contributed by atoms with E-state index in [2.05, 4.69) is 59.6 Å². The van der Waals surface area contributed by atoms with Crippen LogP contribution in [0.5, 0.6) is 0 Å². The first-order valence-corrected chi connectivity index (χ1v) is 8.27. The Hall–Kier alpha value is -1.55. The molecule has 0 bridgehead atoms. The number of aliphatic imine (C=N–C) groups is 1. The summed E-state index contributed by atoms with van der Waals surface area (Å²) in [5.74, 6) is 1.62. The van der Waals surface area contributed by atoms with Gasteiger partial charge in [-0.3, -0.25) is 4.99 Å². The number of nitrogens with one attached hydrogen (secondary N) is 2. The van der Waals surface area contributed by atoms with Crippen molar-refractivity contribution in [1.82, 2.24) is 15.5 Å². The number of guanidine groups is 1. The molecule has 4 nitrogen and oxygen atoms in total. The third-order valence-electron chi connectivity index (χ3n) is 4.45. The molecular weight excluding hydrogens is 272 g/mol. The van der Waals surface area contributed by atoms with E-state index in [1.807, 2.05) is 7.05 Å². The van der Waals surface area contributed by atoms with E-state index in [1.54, 1.807) is 0 Å². The maximum atomic E-state index is 4.33. The number of piperidine rings is 1. The summed E-state index contributed by atoms with van der Waals surface area (Å²) >= 11 is 0. The molecule has 1 atom stereocenters. The molecule has 2 N–H and O–H groups in total. The van der Waals surface area contributed by atoms with E-state index >= 15 is 0 Å². The van der Waals surface area contributed by atoms with Gasteiger partial charge in [-0.15, -0.1) is 0 Å². The second-order valence-electron chi connectivity index (χ2n) is 6.51. The van der Waals surface area contributed by atoms with Crippen LogP contribution >= 0.6 is 0 Å². The summed E-state index contributed by atoms with van der Waals surface area (Å²) < 4.78 is 0. The smallest absolute Gasteiger partial charge is 0.191 e. The van der Waals surface area contributed by atoms with Gasteiger partial charge in [-0.1, -0.05) is 23.8 Å². The standard InChI is InChI=1S/C18H30N4/c1-14-7-8-17(15(2)10-14)12-21-18(19-3)20-11-16-6-5-9-22(4)13-16/h7-8,10,16H,5-6,9,11-13H2,1-4H3,(H2,19,20,21). The summed E-state index contributed by atoms with van der Waals surface area (Å²) in [6, 6.07) is 6.59. The van der Waals surface area contributed by atoms with Crippen LogP contribution in [0.1, 0.15) is 29.5 Å². The SMILES string of the molecule is CN=C(NCc1ccc(C)cc1C)NCC1CCCN(C)C1. The van der Waals surface area contributed by atoms with Crippen LogP contribution in [0.25, 0.3) is 0 Å². The van der Waals surface area contributed by atoms with Gasteiger partial charge < -0.3 is 15.5 Å². The zero-order valence-corrected chi connectivity index (χ0v) is 14.4. The molecule has 1 aromatic rings. The van der Waals surface area contributed by atoms with E-state index in [9.17, 15) is 0 Å². The highest BCUT2D eigenvalue weighted by atomic mass is 15.2. The number of aryl methyl sites for hydroxylation is 2.